The van der Waals surface area contributed by atoms with E-state index in [0.29, 0.717) is 34.0 Å². The van der Waals surface area contributed by atoms with Crippen LogP contribution >= 0.6 is 34.8 Å². The van der Waals surface area contributed by atoms with Crippen LogP contribution in [0.3, 0.4) is 0 Å². The van der Waals surface area contributed by atoms with E-state index in [1.807, 2.05) is 41.1 Å². The van der Waals surface area contributed by atoms with Crippen molar-refractivity contribution in [2.45, 2.75) is 32.4 Å². The van der Waals surface area contributed by atoms with Gasteiger partial charge in [-0.2, -0.15) is 0 Å². The number of pyridine rings is 1. The first-order chi connectivity index (χ1) is 15.7. The predicted octanol–water partition coefficient (Wildman–Crippen LogP) is 5.73. The fourth-order valence-electron chi connectivity index (χ4n) is 3.59. The Hall–Kier alpha value is -2.45. The summed E-state index contributed by atoms with van der Waals surface area (Å²) in [5.74, 6) is 0.699. The number of halogens is 3. The molecule has 2 heterocycles. The maximum atomic E-state index is 6.31. The van der Waals surface area contributed by atoms with E-state index in [-0.39, 0.29) is 11.6 Å². The lowest BCUT2D eigenvalue weighted by Gasteiger charge is -2.25. The van der Waals surface area contributed by atoms with Gasteiger partial charge in [0.15, 0.2) is 5.82 Å². The molecule has 0 spiro atoms. The van der Waals surface area contributed by atoms with Crippen molar-refractivity contribution < 1.29 is 0 Å². The van der Waals surface area contributed by atoms with Crippen LogP contribution < -0.4 is 10.6 Å². The Morgan fingerprint density at radius 3 is 2.55 bits per heavy atom. The van der Waals surface area contributed by atoms with E-state index in [4.69, 9.17) is 34.8 Å². The van der Waals surface area contributed by atoms with Crippen molar-refractivity contribution in [1.82, 2.24) is 30.5 Å². The highest BCUT2D eigenvalue weighted by Gasteiger charge is 2.27. The number of hydrogen-bond donors (Lipinski definition) is 2. The molecule has 0 amide bonds. The molecule has 10 heteroatoms. The molecule has 0 aliphatic carbocycles. The number of hydrogen-bond acceptors (Lipinski definition) is 6. The van der Waals surface area contributed by atoms with E-state index in [1.165, 1.54) is 0 Å². The summed E-state index contributed by atoms with van der Waals surface area (Å²) in [5.41, 5.74) is 2.47. The van der Waals surface area contributed by atoms with Crippen LogP contribution in [0.25, 0.3) is 10.9 Å². The van der Waals surface area contributed by atoms with Crippen molar-refractivity contribution >= 4 is 51.4 Å². The second-order valence-electron chi connectivity index (χ2n) is 8.63. The van der Waals surface area contributed by atoms with E-state index >= 15 is 0 Å². The Balaban J connectivity index is 1.54. The maximum Gasteiger partial charge on any atom is 0.173 e. The van der Waals surface area contributed by atoms with Gasteiger partial charge in [-0.1, -0.05) is 40.9 Å². The monoisotopic (exact) mass is 503 g/mol. The summed E-state index contributed by atoms with van der Waals surface area (Å²) < 4.78 is 1.82. The summed E-state index contributed by atoms with van der Waals surface area (Å²) in [4.78, 5) is 4.39. The summed E-state index contributed by atoms with van der Waals surface area (Å²) in [5, 5.41) is 22.1. The van der Waals surface area contributed by atoms with Gasteiger partial charge in [0.25, 0.3) is 0 Å². The molecular weight excluding hydrogens is 481 g/mol. The Bertz CT molecular complexity index is 1270. The molecule has 0 fully saturated rings. The number of benzene rings is 2. The number of rotatable bonds is 7. The highest BCUT2D eigenvalue weighted by molar-refractivity contribution is 6.42. The third-order valence-corrected chi connectivity index (χ3v) is 6.13. The fraction of sp³-hybridized carbons (Fsp3) is 0.304. The lowest BCUT2D eigenvalue weighted by molar-refractivity contribution is 0.325. The van der Waals surface area contributed by atoms with Gasteiger partial charge >= 0.3 is 0 Å². The first-order valence-electron chi connectivity index (χ1n) is 10.5. The van der Waals surface area contributed by atoms with Crippen molar-refractivity contribution in [3.63, 3.8) is 0 Å². The second kappa shape index (κ2) is 9.81. The number of aromatic nitrogens is 5. The Morgan fingerprint density at radius 2 is 1.79 bits per heavy atom. The summed E-state index contributed by atoms with van der Waals surface area (Å²) >= 11 is 18.6. The molecule has 7 nitrogen and oxygen atoms in total. The molecule has 0 saturated heterocycles. The lowest BCUT2D eigenvalue weighted by Crippen LogP contribution is -2.34. The molecule has 0 aliphatic rings. The van der Waals surface area contributed by atoms with Crippen molar-refractivity contribution in [3.8, 4) is 0 Å². The zero-order valence-corrected chi connectivity index (χ0v) is 20.7. The molecule has 172 valence electrons. The normalized spacial score (nSPS) is 12.8. The molecule has 2 aromatic heterocycles. The van der Waals surface area contributed by atoms with Gasteiger partial charge in [-0.25, -0.2) is 4.68 Å². The molecule has 1 atom stereocenters. The van der Waals surface area contributed by atoms with Crippen LogP contribution in [0, 0.1) is 0 Å². The van der Waals surface area contributed by atoms with Crippen LogP contribution in [0.5, 0.6) is 0 Å². The quantitative estimate of drug-likeness (QED) is 0.313. The first kappa shape index (κ1) is 23.7. The van der Waals surface area contributed by atoms with E-state index < -0.39 is 0 Å². The van der Waals surface area contributed by atoms with Crippen molar-refractivity contribution in [2.24, 2.45) is 0 Å². The first-order valence-corrected chi connectivity index (χ1v) is 11.6. The van der Waals surface area contributed by atoms with Gasteiger partial charge in [-0.15, -0.1) is 5.10 Å². The predicted molar refractivity (Wildman–Crippen MR) is 134 cm³/mol. The van der Waals surface area contributed by atoms with Crippen molar-refractivity contribution in [3.05, 3.63) is 75.1 Å². The maximum absolute atomic E-state index is 6.31. The zero-order chi connectivity index (χ0) is 23.6. The van der Waals surface area contributed by atoms with Crippen LogP contribution in [0.4, 0.5) is 5.69 Å². The summed E-state index contributed by atoms with van der Waals surface area (Å²) in [6.07, 6.45) is 1.77. The standard InChI is InChI=1S/C23H24Cl3N7/c1-23(2,3)33-22(30-31-32-33)21(14-4-7-17(25)18(26)12-14)29-11-10-28-19-8-9-27-20-13-15(24)5-6-16(19)20/h4-9,12-13,21,29H,10-11H2,1-3H3,(H,27,28). The van der Waals surface area contributed by atoms with E-state index in [0.717, 1.165) is 22.2 Å². The number of tetrazole rings is 1. The summed E-state index contributed by atoms with van der Waals surface area (Å²) in [6.45, 7) is 7.47. The Labute approximate surface area is 207 Å². The molecule has 2 aromatic carbocycles. The van der Waals surface area contributed by atoms with Gasteiger partial charge < -0.3 is 10.6 Å². The smallest absolute Gasteiger partial charge is 0.173 e. The number of anilines is 1. The van der Waals surface area contributed by atoms with Gasteiger partial charge in [-0.3, -0.25) is 4.98 Å². The highest BCUT2D eigenvalue weighted by atomic mass is 35.5. The van der Waals surface area contributed by atoms with Gasteiger partial charge in [0.2, 0.25) is 0 Å². The zero-order valence-electron chi connectivity index (χ0n) is 18.5. The molecule has 0 saturated carbocycles. The van der Waals surface area contributed by atoms with Crippen LogP contribution in [-0.2, 0) is 5.54 Å². The summed E-state index contributed by atoms with van der Waals surface area (Å²) in [6, 6.07) is 12.9. The van der Waals surface area contributed by atoms with Gasteiger partial charge in [0.05, 0.1) is 27.1 Å². The van der Waals surface area contributed by atoms with Crippen LogP contribution in [0.1, 0.15) is 38.2 Å². The Morgan fingerprint density at radius 1 is 0.970 bits per heavy atom. The Kier molecular flexibility index (Phi) is 7.05. The average Bonchev–Trinajstić information content (AvgIpc) is 3.26. The van der Waals surface area contributed by atoms with Crippen LogP contribution in [0.2, 0.25) is 15.1 Å². The average molecular weight is 505 g/mol. The molecule has 4 aromatic rings. The molecule has 0 radical (unpaired) electrons. The SMILES string of the molecule is CC(C)(C)n1nnnc1C(NCCNc1ccnc2cc(Cl)ccc12)c1ccc(Cl)c(Cl)c1. The van der Waals surface area contributed by atoms with Crippen molar-refractivity contribution in [1.29, 1.82) is 0 Å². The van der Waals surface area contributed by atoms with Gasteiger partial charge in [0.1, 0.15) is 0 Å². The van der Waals surface area contributed by atoms with Gasteiger partial charge in [-0.05, 0) is 73.2 Å². The van der Waals surface area contributed by atoms with E-state index in [9.17, 15) is 0 Å². The number of fused-ring (bicyclic) bond motifs is 1. The minimum absolute atomic E-state index is 0.274. The van der Waals surface area contributed by atoms with Crippen molar-refractivity contribution in [2.75, 3.05) is 18.4 Å². The lowest BCUT2D eigenvalue weighted by atomic mass is 10.0. The summed E-state index contributed by atoms with van der Waals surface area (Å²) in [7, 11) is 0. The van der Waals surface area contributed by atoms with Crippen LogP contribution in [0.15, 0.2) is 48.7 Å². The largest absolute Gasteiger partial charge is 0.383 e. The van der Waals surface area contributed by atoms with E-state index in [2.05, 4.69) is 51.9 Å². The molecular formula is C23H24Cl3N7. The third-order valence-electron chi connectivity index (χ3n) is 5.16. The van der Waals surface area contributed by atoms with E-state index in [1.54, 1.807) is 12.3 Å². The highest BCUT2D eigenvalue weighted by Crippen LogP contribution is 2.30. The molecule has 1 unspecified atom stereocenters. The number of nitrogens with one attached hydrogen (secondary N) is 2. The molecule has 4 rings (SSSR count). The minimum Gasteiger partial charge on any atom is -0.383 e. The molecule has 33 heavy (non-hydrogen) atoms. The third kappa shape index (κ3) is 5.38. The van der Waals surface area contributed by atoms with Gasteiger partial charge in [0, 0.05) is 35.4 Å². The topological polar surface area (TPSA) is 80.5 Å². The molecule has 0 aliphatic heterocycles. The minimum atomic E-state index is -0.287. The number of nitrogens with zero attached hydrogens (tertiary/aromatic N) is 5. The fourth-order valence-corrected chi connectivity index (χ4v) is 4.06. The second-order valence-corrected chi connectivity index (χ2v) is 9.88. The molecule has 0 bridgehead atoms. The molecule has 2 N–H and O–H groups in total. The van der Waals surface area contributed by atoms with Crippen LogP contribution in [-0.4, -0.2) is 38.3 Å².